The first-order valence-corrected chi connectivity index (χ1v) is 6.20. The molecule has 1 rings (SSSR count). The van der Waals surface area contributed by atoms with E-state index in [0.717, 1.165) is 18.3 Å². The van der Waals surface area contributed by atoms with Crippen molar-refractivity contribution in [3.05, 3.63) is 0 Å². The highest BCUT2D eigenvalue weighted by Crippen LogP contribution is 2.38. The molecule has 0 N–H and O–H groups in total. The summed E-state index contributed by atoms with van der Waals surface area (Å²) in [5.41, 5.74) is 0.156. The maximum atomic E-state index is 6.16. The van der Waals surface area contributed by atoms with Gasteiger partial charge in [0.05, 0.1) is 11.7 Å². The van der Waals surface area contributed by atoms with Crippen LogP contribution in [0.15, 0.2) is 0 Å². The largest absolute Gasteiger partial charge is 0.372 e. The molecule has 4 atom stereocenters. The SMILES string of the molecule is CCC(C)C1CCC(C)(CC)OC1C. The molecule has 0 aliphatic carbocycles. The molecule has 14 heavy (non-hydrogen) atoms. The molecular formula is C13H26O. The lowest BCUT2D eigenvalue weighted by molar-refractivity contribution is -0.147. The van der Waals surface area contributed by atoms with Gasteiger partial charge in [-0.25, -0.2) is 0 Å². The van der Waals surface area contributed by atoms with Crippen LogP contribution < -0.4 is 0 Å². The average Bonchev–Trinajstić information content (AvgIpc) is 2.17. The molecule has 1 nitrogen and oxygen atoms in total. The lowest BCUT2D eigenvalue weighted by atomic mass is 9.78. The molecule has 0 aromatic rings. The van der Waals surface area contributed by atoms with Crippen molar-refractivity contribution in [2.24, 2.45) is 11.8 Å². The molecule has 1 saturated heterocycles. The first-order chi connectivity index (χ1) is 6.52. The number of hydrogen-bond acceptors (Lipinski definition) is 1. The second-order valence-corrected chi connectivity index (χ2v) is 5.21. The van der Waals surface area contributed by atoms with Gasteiger partial charge in [0, 0.05) is 0 Å². The van der Waals surface area contributed by atoms with Gasteiger partial charge in [0.1, 0.15) is 0 Å². The monoisotopic (exact) mass is 198 g/mol. The molecule has 0 spiro atoms. The van der Waals surface area contributed by atoms with Crippen molar-refractivity contribution in [2.45, 2.75) is 72.0 Å². The second-order valence-electron chi connectivity index (χ2n) is 5.21. The van der Waals surface area contributed by atoms with E-state index >= 15 is 0 Å². The predicted octanol–water partition coefficient (Wildman–Crippen LogP) is 4.02. The second kappa shape index (κ2) is 4.65. The van der Waals surface area contributed by atoms with Gasteiger partial charge in [-0.05, 0) is 44.9 Å². The van der Waals surface area contributed by atoms with Crippen molar-refractivity contribution < 1.29 is 4.74 Å². The minimum atomic E-state index is 0.156. The highest BCUT2D eigenvalue weighted by molar-refractivity contribution is 4.85. The Morgan fingerprint density at radius 3 is 2.50 bits per heavy atom. The summed E-state index contributed by atoms with van der Waals surface area (Å²) in [7, 11) is 0. The number of ether oxygens (including phenoxy) is 1. The summed E-state index contributed by atoms with van der Waals surface area (Å²) in [5, 5.41) is 0. The molecular weight excluding hydrogens is 172 g/mol. The van der Waals surface area contributed by atoms with Crippen molar-refractivity contribution >= 4 is 0 Å². The fourth-order valence-electron chi connectivity index (χ4n) is 2.61. The Balaban J connectivity index is 2.56. The first kappa shape index (κ1) is 12.0. The Morgan fingerprint density at radius 1 is 1.43 bits per heavy atom. The van der Waals surface area contributed by atoms with E-state index in [2.05, 4.69) is 34.6 Å². The Bertz CT molecular complexity index is 178. The van der Waals surface area contributed by atoms with Crippen LogP contribution in [0.4, 0.5) is 0 Å². The molecule has 0 saturated carbocycles. The van der Waals surface area contributed by atoms with E-state index in [1.54, 1.807) is 0 Å². The molecule has 0 radical (unpaired) electrons. The smallest absolute Gasteiger partial charge is 0.0655 e. The molecule has 1 heterocycles. The molecule has 1 aliphatic heterocycles. The standard InChI is InChI=1S/C13H26O/c1-6-10(3)12-8-9-13(5,7-2)14-11(12)4/h10-12H,6-9H2,1-5H3. The molecule has 0 amide bonds. The summed E-state index contributed by atoms with van der Waals surface area (Å²) in [4.78, 5) is 0. The van der Waals surface area contributed by atoms with Crippen LogP contribution in [0, 0.1) is 11.8 Å². The van der Waals surface area contributed by atoms with Gasteiger partial charge in [0.25, 0.3) is 0 Å². The third-order valence-corrected chi connectivity index (χ3v) is 4.20. The Labute approximate surface area is 89.2 Å². The van der Waals surface area contributed by atoms with Crippen LogP contribution in [0.5, 0.6) is 0 Å². The van der Waals surface area contributed by atoms with Gasteiger partial charge >= 0.3 is 0 Å². The molecule has 1 aliphatic rings. The predicted molar refractivity (Wildman–Crippen MR) is 61.4 cm³/mol. The molecule has 0 bridgehead atoms. The van der Waals surface area contributed by atoms with Crippen LogP contribution >= 0.6 is 0 Å². The van der Waals surface area contributed by atoms with Gasteiger partial charge in [0.2, 0.25) is 0 Å². The van der Waals surface area contributed by atoms with Crippen molar-refractivity contribution in [1.29, 1.82) is 0 Å². The lowest BCUT2D eigenvalue weighted by Crippen LogP contribution is -2.43. The molecule has 84 valence electrons. The maximum Gasteiger partial charge on any atom is 0.0655 e. The third kappa shape index (κ3) is 2.50. The molecule has 0 aromatic heterocycles. The van der Waals surface area contributed by atoms with Crippen LogP contribution in [0.1, 0.15) is 60.3 Å². The molecule has 1 heteroatoms. The van der Waals surface area contributed by atoms with E-state index in [0.29, 0.717) is 6.10 Å². The summed E-state index contributed by atoms with van der Waals surface area (Å²) in [5.74, 6) is 1.59. The fraction of sp³-hybridized carbons (Fsp3) is 1.00. The van der Waals surface area contributed by atoms with E-state index < -0.39 is 0 Å². The maximum absolute atomic E-state index is 6.16. The van der Waals surface area contributed by atoms with Crippen molar-refractivity contribution in [3.63, 3.8) is 0 Å². The zero-order valence-corrected chi connectivity index (χ0v) is 10.5. The van der Waals surface area contributed by atoms with E-state index in [1.807, 2.05) is 0 Å². The summed E-state index contributed by atoms with van der Waals surface area (Å²) < 4.78 is 6.16. The summed E-state index contributed by atoms with van der Waals surface area (Å²) in [6.45, 7) is 11.4. The van der Waals surface area contributed by atoms with Crippen LogP contribution in [0.3, 0.4) is 0 Å². The van der Waals surface area contributed by atoms with Gasteiger partial charge in [-0.1, -0.05) is 27.2 Å². The van der Waals surface area contributed by atoms with Crippen LogP contribution in [-0.2, 0) is 4.74 Å². The Hall–Kier alpha value is -0.0400. The zero-order valence-electron chi connectivity index (χ0n) is 10.5. The normalized spacial score (nSPS) is 40.9. The van der Waals surface area contributed by atoms with Crippen molar-refractivity contribution in [3.8, 4) is 0 Å². The topological polar surface area (TPSA) is 9.23 Å². The lowest BCUT2D eigenvalue weighted by Gasteiger charge is -2.43. The van der Waals surface area contributed by atoms with Crippen LogP contribution in [0.25, 0.3) is 0 Å². The Kier molecular flexibility index (Phi) is 4.00. The van der Waals surface area contributed by atoms with Gasteiger partial charge in [-0.3, -0.25) is 0 Å². The minimum absolute atomic E-state index is 0.156. The number of rotatable bonds is 3. The van der Waals surface area contributed by atoms with Crippen molar-refractivity contribution in [1.82, 2.24) is 0 Å². The minimum Gasteiger partial charge on any atom is -0.372 e. The van der Waals surface area contributed by atoms with Gasteiger partial charge in [-0.15, -0.1) is 0 Å². The molecule has 0 aromatic carbocycles. The van der Waals surface area contributed by atoms with E-state index in [4.69, 9.17) is 4.74 Å². The third-order valence-electron chi connectivity index (χ3n) is 4.20. The summed E-state index contributed by atoms with van der Waals surface area (Å²) >= 11 is 0. The van der Waals surface area contributed by atoms with E-state index in [-0.39, 0.29) is 5.60 Å². The van der Waals surface area contributed by atoms with Gasteiger partial charge in [0.15, 0.2) is 0 Å². The molecule has 1 fully saturated rings. The van der Waals surface area contributed by atoms with E-state index in [9.17, 15) is 0 Å². The first-order valence-electron chi connectivity index (χ1n) is 6.20. The number of hydrogen-bond donors (Lipinski definition) is 0. The van der Waals surface area contributed by atoms with Crippen LogP contribution in [-0.4, -0.2) is 11.7 Å². The highest BCUT2D eigenvalue weighted by atomic mass is 16.5. The highest BCUT2D eigenvalue weighted by Gasteiger charge is 2.36. The zero-order chi connectivity index (χ0) is 10.8. The van der Waals surface area contributed by atoms with Crippen LogP contribution in [0.2, 0.25) is 0 Å². The van der Waals surface area contributed by atoms with Gasteiger partial charge in [-0.2, -0.15) is 0 Å². The quantitative estimate of drug-likeness (QED) is 0.665. The summed E-state index contributed by atoms with van der Waals surface area (Å²) in [6.07, 6.45) is 5.46. The van der Waals surface area contributed by atoms with Crippen molar-refractivity contribution in [2.75, 3.05) is 0 Å². The van der Waals surface area contributed by atoms with Gasteiger partial charge < -0.3 is 4.74 Å². The molecule has 4 unspecified atom stereocenters. The average molecular weight is 198 g/mol. The fourth-order valence-corrected chi connectivity index (χ4v) is 2.61. The summed E-state index contributed by atoms with van der Waals surface area (Å²) in [6, 6.07) is 0. The van der Waals surface area contributed by atoms with E-state index in [1.165, 1.54) is 19.3 Å². The Morgan fingerprint density at radius 2 is 2.07 bits per heavy atom.